The Balaban J connectivity index is 1.51. The molecule has 2 aromatic rings. The van der Waals surface area contributed by atoms with E-state index in [1.165, 1.54) is 18.3 Å². The highest BCUT2D eigenvalue weighted by Crippen LogP contribution is 2.25. The minimum atomic E-state index is -0.596. The van der Waals surface area contributed by atoms with E-state index in [1.54, 1.807) is 4.90 Å². The number of hydrogen-bond acceptors (Lipinski definition) is 5. The number of nitrogens with zero attached hydrogens (tertiary/aromatic N) is 3. The number of benzene rings is 1. The van der Waals surface area contributed by atoms with Crippen LogP contribution >= 0.6 is 23.2 Å². The number of carbonyl (C=O) groups is 2. The van der Waals surface area contributed by atoms with Gasteiger partial charge in [-0.25, -0.2) is 9.78 Å². The van der Waals surface area contributed by atoms with E-state index in [4.69, 9.17) is 27.9 Å². The number of amides is 1. The first-order chi connectivity index (χ1) is 12.9. The summed E-state index contributed by atoms with van der Waals surface area (Å²) >= 11 is 11.8. The van der Waals surface area contributed by atoms with Crippen molar-refractivity contribution in [1.29, 1.82) is 0 Å². The normalized spacial score (nSPS) is 14.2. The van der Waals surface area contributed by atoms with Crippen LogP contribution in [0, 0.1) is 6.92 Å². The average Bonchev–Trinajstić information content (AvgIpc) is 2.68. The molecule has 1 aromatic carbocycles. The fourth-order valence-electron chi connectivity index (χ4n) is 2.95. The van der Waals surface area contributed by atoms with E-state index < -0.39 is 5.97 Å². The Morgan fingerprint density at radius 1 is 1.11 bits per heavy atom. The Hall–Kier alpha value is -2.31. The van der Waals surface area contributed by atoms with Crippen LogP contribution < -0.4 is 4.90 Å². The second-order valence-corrected chi connectivity index (χ2v) is 7.07. The molecule has 1 saturated heterocycles. The number of hydrogen-bond donors (Lipinski definition) is 0. The molecule has 6 nitrogen and oxygen atoms in total. The summed E-state index contributed by atoms with van der Waals surface area (Å²) < 4.78 is 5.10. The number of halogens is 2. The number of carbonyl (C=O) groups excluding carboxylic acids is 2. The highest BCUT2D eigenvalue weighted by atomic mass is 35.5. The summed E-state index contributed by atoms with van der Waals surface area (Å²) in [6, 6.07) is 8.69. The van der Waals surface area contributed by atoms with Crippen molar-refractivity contribution in [2.24, 2.45) is 0 Å². The molecule has 0 unspecified atom stereocenters. The van der Waals surface area contributed by atoms with Crippen LogP contribution in [-0.4, -0.2) is 54.5 Å². The second-order valence-electron chi connectivity index (χ2n) is 6.24. The first-order valence-electron chi connectivity index (χ1n) is 8.51. The minimum absolute atomic E-state index is 0.197. The summed E-state index contributed by atoms with van der Waals surface area (Å²) in [6.07, 6.45) is 1.41. The van der Waals surface area contributed by atoms with E-state index in [2.05, 4.69) is 9.88 Å². The molecule has 0 atom stereocenters. The summed E-state index contributed by atoms with van der Waals surface area (Å²) in [5.41, 5.74) is 2.49. The summed E-state index contributed by atoms with van der Waals surface area (Å²) in [7, 11) is 0. The maximum atomic E-state index is 12.3. The molecular weight excluding hydrogens is 389 g/mol. The van der Waals surface area contributed by atoms with Crippen molar-refractivity contribution in [3.63, 3.8) is 0 Å². The van der Waals surface area contributed by atoms with E-state index in [0.29, 0.717) is 31.2 Å². The van der Waals surface area contributed by atoms with Gasteiger partial charge in [-0.1, -0.05) is 29.3 Å². The molecule has 0 spiro atoms. The lowest BCUT2D eigenvalue weighted by molar-refractivity contribution is -0.134. The first kappa shape index (κ1) is 19.5. The van der Waals surface area contributed by atoms with Crippen molar-refractivity contribution in [3.8, 4) is 0 Å². The van der Waals surface area contributed by atoms with Crippen LogP contribution in [0.5, 0.6) is 0 Å². The Labute approximate surface area is 167 Å². The number of rotatable bonds is 4. The summed E-state index contributed by atoms with van der Waals surface area (Å²) in [5, 5.41) is 0.889. The van der Waals surface area contributed by atoms with Crippen LogP contribution in [0.3, 0.4) is 0 Å². The van der Waals surface area contributed by atoms with Crippen molar-refractivity contribution < 1.29 is 14.3 Å². The maximum absolute atomic E-state index is 12.3. The Morgan fingerprint density at radius 2 is 1.85 bits per heavy atom. The largest absolute Gasteiger partial charge is 0.452 e. The Kier molecular flexibility index (Phi) is 6.19. The predicted octanol–water partition coefficient (Wildman–Crippen LogP) is 3.20. The molecule has 8 heteroatoms. The van der Waals surface area contributed by atoms with Gasteiger partial charge >= 0.3 is 5.97 Å². The second kappa shape index (κ2) is 8.59. The topological polar surface area (TPSA) is 62.7 Å². The molecule has 1 aromatic heterocycles. The Bertz CT molecular complexity index is 852. The lowest BCUT2D eigenvalue weighted by Crippen LogP contribution is -2.50. The minimum Gasteiger partial charge on any atom is -0.452 e. The van der Waals surface area contributed by atoms with Gasteiger partial charge in [-0.15, -0.1) is 0 Å². The fourth-order valence-corrected chi connectivity index (χ4v) is 3.29. The SMILES string of the molecule is Cc1ccc(Cl)cc1N1CCN(C(=O)COC(=O)c2ccnc(Cl)c2)CC1. The van der Waals surface area contributed by atoms with Gasteiger partial charge in [0.25, 0.3) is 5.91 Å². The lowest BCUT2D eigenvalue weighted by atomic mass is 10.1. The third kappa shape index (κ3) is 4.90. The lowest BCUT2D eigenvalue weighted by Gasteiger charge is -2.36. The maximum Gasteiger partial charge on any atom is 0.338 e. The van der Waals surface area contributed by atoms with Crippen molar-refractivity contribution in [1.82, 2.24) is 9.88 Å². The van der Waals surface area contributed by atoms with Gasteiger partial charge in [0.05, 0.1) is 5.56 Å². The van der Waals surface area contributed by atoms with E-state index in [9.17, 15) is 9.59 Å². The molecule has 1 fully saturated rings. The quantitative estimate of drug-likeness (QED) is 0.575. The number of pyridine rings is 1. The van der Waals surface area contributed by atoms with Gasteiger partial charge in [-0.3, -0.25) is 4.79 Å². The van der Waals surface area contributed by atoms with Crippen LogP contribution in [0.2, 0.25) is 10.2 Å². The number of anilines is 1. The van der Waals surface area contributed by atoms with Crippen LogP contribution in [0.15, 0.2) is 36.5 Å². The number of aryl methyl sites for hydroxylation is 1. The van der Waals surface area contributed by atoms with Gasteiger partial charge in [0.15, 0.2) is 6.61 Å². The van der Waals surface area contributed by atoms with Gasteiger partial charge in [0, 0.05) is 43.1 Å². The van der Waals surface area contributed by atoms with E-state index in [0.717, 1.165) is 11.3 Å². The predicted molar refractivity (Wildman–Crippen MR) is 105 cm³/mol. The van der Waals surface area contributed by atoms with Gasteiger partial charge in [-0.2, -0.15) is 0 Å². The number of piperazine rings is 1. The molecule has 0 aliphatic carbocycles. The summed E-state index contributed by atoms with van der Waals surface area (Å²) in [5.74, 6) is -0.813. The third-order valence-corrected chi connectivity index (χ3v) is 4.88. The van der Waals surface area contributed by atoms with E-state index >= 15 is 0 Å². The Morgan fingerprint density at radius 3 is 2.56 bits per heavy atom. The van der Waals surface area contributed by atoms with Gasteiger partial charge in [0.2, 0.25) is 0 Å². The molecule has 1 aliphatic heterocycles. The molecule has 1 aliphatic rings. The molecule has 0 N–H and O–H groups in total. The number of aromatic nitrogens is 1. The highest BCUT2D eigenvalue weighted by Gasteiger charge is 2.23. The molecule has 27 heavy (non-hydrogen) atoms. The van der Waals surface area contributed by atoms with E-state index in [1.807, 2.05) is 25.1 Å². The third-order valence-electron chi connectivity index (χ3n) is 4.43. The summed E-state index contributed by atoms with van der Waals surface area (Å²) in [6.45, 7) is 4.25. The van der Waals surface area contributed by atoms with Crippen LogP contribution in [0.25, 0.3) is 0 Å². The van der Waals surface area contributed by atoms with Crippen LogP contribution in [0.4, 0.5) is 5.69 Å². The number of ether oxygens (including phenoxy) is 1. The molecule has 2 heterocycles. The molecule has 3 rings (SSSR count). The fraction of sp³-hybridized carbons (Fsp3) is 0.316. The first-order valence-corrected chi connectivity index (χ1v) is 9.27. The van der Waals surface area contributed by atoms with Crippen molar-refractivity contribution in [2.75, 3.05) is 37.7 Å². The monoisotopic (exact) mass is 407 g/mol. The molecule has 0 bridgehead atoms. The van der Waals surface area contributed by atoms with Crippen LogP contribution in [-0.2, 0) is 9.53 Å². The summed E-state index contributed by atoms with van der Waals surface area (Å²) in [4.78, 5) is 32.0. The molecule has 1 amide bonds. The highest BCUT2D eigenvalue weighted by molar-refractivity contribution is 6.31. The molecule has 0 saturated carbocycles. The molecule has 142 valence electrons. The van der Waals surface area contributed by atoms with Gasteiger partial charge in [-0.05, 0) is 36.8 Å². The van der Waals surface area contributed by atoms with Crippen molar-refractivity contribution in [3.05, 3.63) is 57.8 Å². The van der Waals surface area contributed by atoms with Crippen molar-refractivity contribution in [2.45, 2.75) is 6.92 Å². The molecule has 0 radical (unpaired) electrons. The zero-order chi connectivity index (χ0) is 19.4. The zero-order valence-electron chi connectivity index (χ0n) is 14.8. The van der Waals surface area contributed by atoms with Crippen LogP contribution in [0.1, 0.15) is 15.9 Å². The average molecular weight is 408 g/mol. The standard InChI is InChI=1S/C19H19Cl2N3O3/c1-13-2-3-15(20)11-16(13)23-6-8-24(9-7-23)18(25)12-27-19(26)14-4-5-22-17(21)10-14/h2-5,10-11H,6-9,12H2,1H3. The van der Waals surface area contributed by atoms with Gasteiger partial charge in [0.1, 0.15) is 5.15 Å². The van der Waals surface area contributed by atoms with E-state index in [-0.39, 0.29) is 23.2 Å². The molecular formula is C19H19Cl2N3O3. The zero-order valence-corrected chi connectivity index (χ0v) is 16.3. The van der Waals surface area contributed by atoms with Crippen molar-refractivity contribution >= 4 is 40.8 Å². The smallest absolute Gasteiger partial charge is 0.338 e. The van der Waals surface area contributed by atoms with Gasteiger partial charge < -0.3 is 14.5 Å². The number of esters is 1.